The summed E-state index contributed by atoms with van der Waals surface area (Å²) in [6.07, 6.45) is 2.68. The number of rotatable bonds is 1. The van der Waals surface area contributed by atoms with Crippen LogP contribution >= 0.6 is 0 Å². The van der Waals surface area contributed by atoms with Crippen LogP contribution in [-0.4, -0.2) is 18.3 Å². The molecule has 0 amide bonds. The summed E-state index contributed by atoms with van der Waals surface area (Å²) in [5.41, 5.74) is 7.46. The van der Waals surface area contributed by atoms with E-state index in [4.69, 9.17) is 10.5 Å². The minimum Gasteiger partial charge on any atom is -0.385 e. The quantitative estimate of drug-likeness (QED) is 0.776. The monoisotopic (exact) mass is 233 g/mol. The van der Waals surface area contributed by atoms with Gasteiger partial charge in [0.1, 0.15) is 0 Å². The molecule has 3 heteroatoms. The van der Waals surface area contributed by atoms with Gasteiger partial charge in [0.05, 0.1) is 12.2 Å². The van der Waals surface area contributed by atoms with Crippen LogP contribution in [-0.2, 0) is 10.3 Å². The Morgan fingerprint density at radius 3 is 2.94 bits per heavy atom. The lowest BCUT2D eigenvalue weighted by molar-refractivity contribution is -0.0851. The first-order valence-electron chi connectivity index (χ1n) is 6.37. The van der Waals surface area contributed by atoms with Gasteiger partial charge in [-0.1, -0.05) is 24.3 Å². The molecule has 0 spiro atoms. The SMILES string of the molecule is NC1CC(O)(C2CCCOC2)c2ccccc21. The number of benzene rings is 1. The summed E-state index contributed by atoms with van der Waals surface area (Å²) in [4.78, 5) is 0. The van der Waals surface area contributed by atoms with Crippen molar-refractivity contribution in [2.75, 3.05) is 13.2 Å². The third kappa shape index (κ3) is 1.69. The van der Waals surface area contributed by atoms with Gasteiger partial charge < -0.3 is 15.6 Å². The van der Waals surface area contributed by atoms with Gasteiger partial charge in [-0.05, 0) is 30.4 Å². The van der Waals surface area contributed by atoms with E-state index in [0.29, 0.717) is 13.0 Å². The molecule has 3 atom stereocenters. The van der Waals surface area contributed by atoms with Crippen LogP contribution < -0.4 is 5.73 Å². The number of aliphatic hydroxyl groups is 1. The first kappa shape index (κ1) is 11.2. The lowest BCUT2D eigenvalue weighted by atomic mass is 9.79. The maximum Gasteiger partial charge on any atom is 0.0967 e. The highest BCUT2D eigenvalue weighted by atomic mass is 16.5. The van der Waals surface area contributed by atoms with E-state index in [0.717, 1.165) is 30.6 Å². The van der Waals surface area contributed by atoms with Crippen molar-refractivity contribution in [2.45, 2.75) is 30.9 Å². The zero-order valence-electron chi connectivity index (χ0n) is 9.93. The highest BCUT2D eigenvalue weighted by Crippen LogP contribution is 2.48. The van der Waals surface area contributed by atoms with E-state index >= 15 is 0 Å². The standard InChI is InChI=1S/C14H19NO2/c15-13-8-14(16,10-4-3-7-17-9-10)12-6-2-1-5-11(12)13/h1-2,5-6,10,13,16H,3-4,7-9,15H2. The molecule has 3 rings (SSSR count). The lowest BCUT2D eigenvalue weighted by Crippen LogP contribution is -2.38. The number of hydrogen-bond donors (Lipinski definition) is 2. The Hall–Kier alpha value is -0.900. The van der Waals surface area contributed by atoms with Crippen molar-refractivity contribution in [3.8, 4) is 0 Å². The van der Waals surface area contributed by atoms with E-state index in [1.165, 1.54) is 0 Å². The third-order valence-electron chi connectivity index (χ3n) is 4.19. The van der Waals surface area contributed by atoms with Crippen LogP contribution in [0.3, 0.4) is 0 Å². The third-order valence-corrected chi connectivity index (χ3v) is 4.19. The van der Waals surface area contributed by atoms with Crippen LogP contribution in [0.15, 0.2) is 24.3 Å². The van der Waals surface area contributed by atoms with Crippen molar-refractivity contribution < 1.29 is 9.84 Å². The molecule has 0 saturated carbocycles. The van der Waals surface area contributed by atoms with Gasteiger partial charge >= 0.3 is 0 Å². The van der Waals surface area contributed by atoms with Gasteiger partial charge in [-0.2, -0.15) is 0 Å². The molecule has 0 bridgehead atoms. The fourth-order valence-corrected chi connectivity index (χ4v) is 3.27. The fraction of sp³-hybridized carbons (Fsp3) is 0.571. The Balaban J connectivity index is 1.98. The highest BCUT2D eigenvalue weighted by Gasteiger charge is 2.46. The van der Waals surface area contributed by atoms with Crippen LogP contribution in [0.1, 0.15) is 36.4 Å². The summed E-state index contributed by atoms with van der Waals surface area (Å²) < 4.78 is 5.51. The minimum atomic E-state index is -0.781. The van der Waals surface area contributed by atoms with Crippen LogP contribution in [0.25, 0.3) is 0 Å². The Kier molecular flexibility index (Phi) is 2.69. The Bertz CT molecular complexity index is 414. The summed E-state index contributed by atoms with van der Waals surface area (Å²) in [6.45, 7) is 1.47. The van der Waals surface area contributed by atoms with Crippen molar-refractivity contribution >= 4 is 0 Å². The van der Waals surface area contributed by atoms with Gasteiger partial charge in [0, 0.05) is 18.6 Å². The molecule has 3 unspecified atom stereocenters. The lowest BCUT2D eigenvalue weighted by Gasteiger charge is -2.36. The summed E-state index contributed by atoms with van der Waals surface area (Å²) in [5.74, 6) is 0.186. The zero-order valence-corrected chi connectivity index (χ0v) is 9.93. The molecule has 3 nitrogen and oxygen atoms in total. The molecule has 2 aliphatic rings. The van der Waals surface area contributed by atoms with E-state index in [2.05, 4.69) is 0 Å². The number of fused-ring (bicyclic) bond motifs is 1. The molecule has 17 heavy (non-hydrogen) atoms. The molecule has 1 heterocycles. The molecule has 1 saturated heterocycles. The highest BCUT2D eigenvalue weighted by molar-refractivity contribution is 5.40. The maximum atomic E-state index is 11.0. The van der Waals surface area contributed by atoms with Gasteiger partial charge in [-0.15, -0.1) is 0 Å². The summed E-state index contributed by atoms with van der Waals surface area (Å²) in [6, 6.07) is 7.96. The Labute approximate surface area is 102 Å². The van der Waals surface area contributed by atoms with Crippen molar-refractivity contribution in [3.05, 3.63) is 35.4 Å². The van der Waals surface area contributed by atoms with E-state index < -0.39 is 5.60 Å². The van der Waals surface area contributed by atoms with Gasteiger partial charge in [0.15, 0.2) is 0 Å². The first-order chi connectivity index (χ1) is 8.22. The van der Waals surface area contributed by atoms with Crippen LogP contribution in [0.4, 0.5) is 0 Å². The van der Waals surface area contributed by atoms with Gasteiger partial charge in [-0.3, -0.25) is 0 Å². The van der Waals surface area contributed by atoms with Crippen LogP contribution in [0.2, 0.25) is 0 Å². The van der Waals surface area contributed by atoms with E-state index in [1.54, 1.807) is 0 Å². The number of ether oxygens (including phenoxy) is 1. The largest absolute Gasteiger partial charge is 0.385 e. The Morgan fingerprint density at radius 1 is 1.35 bits per heavy atom. The van der Waals surface area contributed by atoms with Crippen LogP contribution in [0, 0.1) is 5.92 Å². The van der Waals surface area contributed by atoms with Crippen molar-refractivity contribution in [3.63, 3.8) is 0 Å². The molecule has 1 aliphatic heterocycles. The zero-order chi connectivity index (χ0) is 11.9. The minimum absolute atomic E-state index is 0.0434. The average molecular weight is 233 g/mol. The molecule has 0 radical (unpaired) electrons. The second-order valence-electron chi connectivity index (χ2n) is 5.24. The van der Waals surface area contributed by atoms with Gasteiger partial charge in [-0.25, -0.2) is 0 Å². The van der Waals surface area contributed by atoms with Crippen molar-refractivity contribution in [1.29, 1.82) is 0 Å². The maximum absolute atomic E-state index is 11.0. The summed E-state index contributed by atoms with van der Waals surface area (Å²) in [5, 5.41) is 11.0. The van der Waals surface area contributed by atoms with E-state index in [1.807, 2.05) is 24.3 Å². The molecule has 92 valence electrons. The molecule has 0 aromatic heterocycles. The molecular weight excluding hydrogens is 214 g/mol. The smallest absolute Gasteiger partial charge is 0.0967 e. The van der Waals surface area contributed by atoms with E-state index in [-0.39, 0.29) is 12.0 Å². The number of nitrogens with two attached hydrogens (primary N) is 1. The van der Waals surface area contributed by atoms with E-state index in [9.17, 15) is 5.11 Å². The average Bonchev–Trinajstić information content (AvgIpc) is 2.65. The second kappa shape index (κ2) is 4.09. The summed E-state index contributed by atoms with van der Waals surface area (Å²) in [7, 11) is 0. The number of hydrogen-bond acceptors (Lipinski definition) is 3. The summed E-state index contributed by atoms with van der Waals surface area (Å²) >= 11 is 0. The molecule has 1 aliphatic carbocycles. The van der Waals surface area contributed by atoms with Crippen molar-refractivity contribution in [1.82, 2.24) is 0 Å². The van der Waals surface area contributed by atoms with Gasteiger partial charge in [0.25, 0.3) is 0 Å². The van der Waals surface area contributed by atoms with Gasteiger partial charge in [0.2, 0.25) is 0 Å². The predicted octanol–water partition coefficient (Wildman–Crippen LogP) is 1.70. The van der Waals surface area contributed by atoms with Crippen LogP contribution in [0.5, 0.6) is 0 Å². The Morgan fingerprint density at radius 2 is 2.18 bits per heavy atom. The molecular formula is C14H19NO2. The fourth-order valence-electron chi connectivity index (χ4n) is 3.27. The molecule has 1 aromatic carbocycles. The topological polar surface area (TPSA) is 55.5 Å². The molecule has 3 N–H and O–H groups in total. The normalized spacial score (nSPS) is 36.8. The molecule has 1 aromatic rings. The predicted molar refractivity (Wildman–Crippen MR) is 65.4 cm³/mol. The molecule has 1 fully saturated rings. The first-order valence-corrected chi connectivity index (χ1v) is 6.37. The van der Waals surface area contributed by atoms with Crippen molar-refractivity contribution in [2.24, 2.45) is 11.7 Å². The second-order valence-corrected chi connectivity index (χ2v) is 5.24.